The van der Waals surface area contributed by atoms with Crippen molar-refractivity contribution in [3.05, 3.63) is 73.3 Å². The summed E-state index contributed by atoms with van der Waals surface area (Å²) in [4.78, 5) is 46.2. The number of hydrogen-bond donors (Lipinski definition) is 1. The number of rotatable bonds is 3. The van der Waals surface area contributed by atoms with Gasteiger partial charge in [0.05, 0.1) is 17.3 Å². The van der Waals surface area contributed by atoms with Crippen LogP contribution in [0.1, 0.15) is 41.5 Å². The lowest BCUT2D eigenvalue weighted by Crippen LogP contribution is -2.40. The minimum atomic E-state index is -0.301. The summed E-state index contributed by atoms with van der Waals surface area (Å²) < 4.78 is 1.39. The SMILES string of the molecule is Cn1cc(C(=O)N2CCCC[C@@H]2c2nc(-c3ccsc3)cc(=O)[nH]2)ccc1=O. The molecule has 1 aliphatic heterocycles. The maximum absolute atomic E-state index is 13.1. The summed E-state index contributed by atoms with van der Waals surface area (Å²) in [6.07, 6.45) is 4.12. The molecule has 1 atom stereocenters. The Labute approximate surface area is 165 Å². The second-order valence-corrected chi connectivity index (χ2v) is 7.68. The molecule has 0 saturated carbocycles. The fourth-order valence-corrected chi connectivity index (χ4v) is 4.19. The van der Waals surface area contributed by atoms with Gasteiger partial charge in [-0.05, 0) is 36.8 Å². The van der Waals surface area contributed by atoms with Crippen LogP contribution in [-0.4, -0.2) is 31.9 Å². The number of carbonyl (C=O) groups excluding carboxylic acids is 1. The Morgan fingerprint density at radius 2 is 2.11 bits per heavy atom. The first kappa shape index (κ1) is 18.4. The van der Waals surface area contributed by atoms with E-state index in [1.165, 1.54) is 16.7 Å². The Hall–Kier alpha value is -3.00. The van der Waals surface area contributed by atoms with Gasteiger partial charge in [-0.2, -0.15) is 11.3 Å². The van der Waals surface area contributed by atoms with Crippen molar-refractivity contribution in [3.8, 4) is 11.3 Å². The second-order valence-electron chi connectivity index (χ2n) is 6.90. The fraction of sp³-hybridized carbons (Fsp3) is 0.300. The fourth-order valence-electron chi connectivity index (χ4n) is 3.54. The predicted octanol–water partition coefficient (Wildman–Crippen LogP) is 2.56. The molecule has 3 aromatic rings. The summed E-state index contributed by atoms with van der Waals surface area (Å²) in [7, 11) is 1.62. The number of nitrogens with zero attached hydrogens (tertiary/aromatic N) is 3. The summed E-state index contributed by atoms with van der Waals surface area (Å²) >= 11 is 1.54. The lowest BCUT2D eigenvalue weighted by Gasteiger charge is -2.35. The van der Waals surface area contributed by atoms with Crippen molar-refractivity contribution < 1.29 is 4.79 Å². The van der Waals surface area contributed by atoms with E-state index in [0.29, 0.717) is 23.6 Å². The quantitative estimate of drug-likeness (QED) is 0.737. The van der Waals surface area contributed by atoms with Crippen molar-refractivity contribution in [1.29, 1.82) is 0 Å². The van der Waals surface area contributed by atoms with Gasteiger partial charge in [0.1, 0.15) is 5.82 Å². The maximum atomic E-state index is 13.1. The van der Waals surface area contributed by atoms with Crippen LogP contribution in [-0.2, 0) is 7.05 Å². The zero-order chi connectivity index (χ0) is 19.7. The summed E-state index contributed by atoms with van der Waals surface area (Å²) in [6.45, 7) is 0.582. The average Bonchev–Trinajstić information content (AvgIpc) is 3.24. The molecule has 8 heteroatoms. The summed E-state index contributed by atoms with van der Waals surface area (Å²) in [6, 6.07) is 6.04. The van der Waals surface area contributed by atoms with Crippen LogP contribution in [0.15, 0.2) is 50.8 Å². The largest absolute Gasteiger partial charge is 0.328 e. The average molecular weight is 396 g/mol. The molecule has 1 N–H and O–H groups in total. The topological polar surface area (TPSA) is 88.1 Å². The normalized spacial score (nSPS) is 16.9. The molecule has 0 aliphatic carbocycles. The highest BCUT2D eigenvalue weighted by molar-refractivity contribution is 7.08. The molecule has 4 heterocycles. The lowest BCUT2D eigenvalue weighted by atomic mass is 10.00. The van der Waals surface area contributed by atoms with Crippen LogP contribution in [0, 0.1) is 0 Å². The van der Waals surface area contributed by atoms with Gasteiger partial charge in [0.15, 0.2) is 0 Å². The number of aromatic amines is 1. The Balaban J connectivity index is 1.71. The van der Waals surface area contributed by atoms with Crippen LogP contribution >= 0.6 is 11.3 Å². The molecular weight excluding hydrogens is 376 g/mol. The molecule has 0 spiro atoms. The van der Waals surface area contributed by atoms with Crippen LogP contribution in [0.5, 0.6) is 0 Å². The number of aromatic nitrogens is 3. The monoisotopic (exact) mass is 396 g/mol. The van der Waals surface area contributed by atoms with Gasteiger partial charge in [-0.3, -0.25) is 14.4 Å². The number of amides is 1. The summed E-state index contributed by atoms with van der Waals surface area (Å²) in [5, 5.41) is 3.88. The number of likely N-dealkylation sites (tertiary alicyclic amines) is 1. The third kappa shape index (κ3) is 3.55. The van der Waals surface area contributed by atoms with Crippen LogP contribution in [0.2, 0.25) is 0 Å². The van der Waals surface area contributed by atoms with Crippen molar-refractivity contribution >= 4 is 17.2 Å². The number of hydrogen-bond acceptors (Lipinski definition) is 5. The molecule has 1 saturated heterocycles. The Kier molecular flexibility index (Phi) is 4.95. The molecule has 28 heavy (non-hydrogen) atoms. The lowest BCUT2D eigenvalue weighted by molar-refractivity contribution is 0.0598. The van der Waals surface area contributed by atoms with E-state index in [2.05, 4.69) is 9.97 Å². The number of pyridine rings is 1. The van der Waals surface area contributed by atoms with Gasteiger partial charge in [0.2, 0.25) is 5.56 Å². The molecule has 1 fully saturated rings. The van der Waals surface area contributed by atoms with E-state index >= 15 is 0 Å². The van der Waals surface area contributed by atoms with E-state index in [0.717, 1.165) is 24.8 Å². The second kappa shape index (κ2) is 7.55. The van der Waals surface area contributed by atoms with Gasteiger partial charge < -0.3 is 14.5 Å². The first-order chi connectivity index (χ1) is 13.5. The Bertz CT molecular complexity index is 1120. The summed E-state index contributed by atoms with van der Waals surface area (Å²) in [5.74, 6) is 0.343. The zero-order valence-corrected chi connectivity index (χ0v) is 16.2. The predicted molar refractivity (Wildman–Crippen MR) is 107 cm³/mol. The third-order valence-electron chi connectivity index (χ3n) is 4.99. The van der Waals surface area contributed by atoms with Crippen LogP contribution in [0.3, 0.4) is 0 Å². The third-order valence-corrected chi connectivity index (χ3v) is 5.67. The molecule has 4 rings (SSSR count). The molecule has 7 nitrogen and oxygen atoms in total. The minimum absolute atomic E-state index is 0.163. The van der Waals surface area contributed by atoms with E-state index < -0.39 is 0 Å². The molecule has 1 aliphatic rings. The van der Waals surface area contributed by atoms with Gasteiger partial charge in [-0.1, -0.05) is 0 Å². The zero-order valence-electron chi connectivity index (χ0n) is 15.4. The highest BCUT2D eigenvalue weighted by Gasteiger charge is 2.31. The number of thiophene rings is 1. The molecular formula is C20H20N4O3S. The molecule has 3 aromatic heterocycles. The van der Waals surface area contributed by atoms with Gasteiger partial charge in [0, 0.05) is 42.9 Å². The van der Waals surface area contributed by atoms with E-state index in [1.807, 2.05) is 16.8 Å². The number of H-pyrrole nitrogens is 1. The minimum Gasteiger partial charge on any atom is -0.328 e. The molecule has 0 bridgehead atoms. The van der Waals surface area contributed by atoms with Crippen molar-refractivity contribution in [1.82, 2.24) is 19.4 Å². The highest BCUT2D eigenvalue weighted by atomic mass is 32.1. The van der Waals surface area contributed by atoms with Gasteiger partial charge in [-0.15, -0.1) is 0 Å². The molecule has 0 radical (unpaired) electrons. The van der Waals surface area contributed by atoms with Gasteiger partial charge >= 0.3 is 0 Å². The van der Waals surface area contributed by atoms with Gasteiger partial charge in [0.25, 0.3) is 11.5 Å². The van der Waals surface area contributed by atoms with Crippen molar-refractivity contribution in [2.24, 2.45) is 7.05 Å². The van der Waals surface area contributed by atoms with E-state index in [1.54, 1.807) is 35.5 Å². The van der Waals surface area contributed by atoms with Crippen LogP contribution in [0.4, 0.5) is 0 Å². The molecule has 144 valence electrons. The maximum Gasteiger partial charge on any atom is 0.255 e. The smallest absolute Gasteiger partial charge is 0.255 e. The first-order valence-electron chi connectivity index (χ1n) is 9.14. The van der Waals surface area contributed by atoms with Crippen molar-refractivity contribution in [2.45, 2.75) is 25.3 Å². The first-order valence-corrected chi connectivity index (χ1v) is 10.1. The number of nitrogens with one attached hydrogen (secondary N) is 1. The van der Waals surface area contributed by atoms with Crippen molar-refractivity contribution in [2.75, 3.05) is 6.54 Å². The highest BCUT2D eigenvalue weighted by Crippen LogP contribution is 2.31. The molecule has 1 amide bonds. The number of piperidine rings is 1. The Morgan fingerprint density at radius 3 is 2.86 bits per heavy atom. The number of carbonyl (C=O) groups is 1. The van der Waals surface area contributed by atoms with Gasteiger partial charge in [-0.25, -0.2) is 4.98 Å². The molecule has 0 aromatic carbocycles. The van der Waals surface area contributed by atoms with E-state index in [9.17, 15) is 14.4 Å². The van der Waals surface area contributed by atoms with E-state index in [-0.39, 0.29) is 23.1 Å². The molecule has 0 unspecified atom stereocenters. The van der Waals surface area contributed by atoms with Crippen LogP contribution < -0.4 is 11.1 Å². The van der Waals surface area contributed by atoms with Crippen LogP contribution in [0.25, 0.3) is 11.3 Å². The van der Waals surface area contributed by atoms with Crippen molar-refractivity contribution in [3.63, 3.8) is 0 Å². The summed E-state index contributed by atoms with van der Waals surface area (Å²) in [5.41, 5.74) is 1.56. The van der Waals surface area contributed by atoms with E-state index in [4.69, 9.17) is 0 Å². The standard InChI is InChI=1S/C20H20N4O3S/c1-23-11-13(5-6-18(23)26)20(27)24-8-3-2-4-16(24)19-21-15(10-17(25)22-19)14-7-9-28-12-14/h5-7,9-12,16H,2-4,8H2,1H3,(H,21,22,25)/t16-/m1/s1. The number of aryl methyl sites for hydroxylation is 1. The Morgan fingerprint density at radius 1 is 1.25 bits per heavy atom.